The molecule has 0 fully saturated rings. The first kappa shape index (κ1) is 11.0. The summed E-state index contributed by atoms with van der Waals surface area (Å²) in [6, 6.07) is 6.25. The van der Waals surface area contributed by atoms with Crippen molar-refractivity contribution in [1.82, 2.24) is 0 Å². The SMILES string of the molecule is NC(c1ccccc1)C(O)C(F)(F)F. The fourth-order valence-corrected chi connectivity index (χ4v) is 1.06. The second-order valence-electron chi connectivity index (χ2n) is 2.92. The Morgan fingerprint density at radius 1 is 1.14 bits per heavy atom. The number of alkyl halides is 3. The number of aliphatic hydroxyl groups is 1. The highest BCUT2D eigenvalue weighted by atomic mass is 19.4. The summed E-state index contributed by atoms with van der Waals surface area (Å²) in [5.41, 5.74) is 5.52. The van der Waals surface area contributed by atoms with E-state index in [1.807, 2.05) is 0 Å². The van der Waals surface area contributed by atoms with Gasteiger partial charge in [-0.2, -0.15) is 13.2 Å². The van der Waals surface area contributed by atoms with Gasteiger partial charge in [-0.05, 0) is 5.56 Å². The molecule has 0 aliphatic carbocycles. The van der Waals surface area contributed by atoms with Crippen LogP contribution in [0.15, 0.2) is 30.3 Å². The lowest BCUT2D eigenvalue weighted by molar-refractivity contribution is -0.210. The molecular weight excluding hydrogens is 195 g/mol. The van der Waals surface area contributed by atoms with Crippen molar-refractivity contribution in [3.05, 3.63) is 35.9 Å². The lowest BCUT2D eigenvalue weighted by atomic mass is 10.0. The molecule has 2 atom stereocenters. The van der Waals surface area contributed by atoms with Crippen LogP contribution >= 0.6 is 0 Å². The molecule has 2 nitrogen and oxygen atoms in total. The third-order valence-corrected chi connectivity index (χ3v) is 1.86. The van der Waals surface area contributed by atoms with Gasteiger partial charge in [0.25, 0.3) is 0 Å². The zero-order valence-corrected chi connectivity index (χ0v) is 7.20. The standard InChI is InChI=1S/C9H10F3NO/c10-9(11,12)8(14)7(13)6-4-2-1-3-5-6/h1-5,7-8,14H,13H2. The monoisotopic (exact) mass is 205 g/mol. The van der Waals surface area contributed by atoms with Gasteiger partial charge in [-0.15, -0.1) is 0 Å². The van der Waals surface area contributed by atoms with Crippen LogP contribution in [0.3, 0.4) is 0 Å². The number of rotatable bonds is 2. The highest BCUT2D eigenvalue weighted by Gasteiger charge is 2.42. The fraction of sp³-hybridized carbons (Fsp3) is 0.333. The molecule has 0 aliphatic heterocycles. The second-order valence-corrected chi connectivity index (χ2v) is 2.92. The van der Waals surface area contributed by atoms with Gasteiger partial charge in [-0.3, -0.25) is 0 Å². The van der Waals surface area contributed by atoms with E-state index < -0.39 is 18.3 Å². The quantitative estimate of drug-likeness (QED) is 0.770. The number of nitrogens with two attached hydrogens (primary N) is 1. The number of benzene rings is 1. The summed E-state index contributed by atoms with van der Waals surface area (Å²) >= 11 is 0. The van der Waals surface area contributed by atoms with E-state index >= 15 is 0 Å². The molecule has 0 bridgehead atoms. The first-order valence-electron chi connectivity index (χ1n) is 3.98. The van der Waals surface area contributed by atoms with Crippen molar-refractivity contribution in [3.8, 4) is 0 Å². The molecule has 0 aromatic heterocycles. The van der Waals surface area contributed by atoms with E-state index in [1.165, 1.54) is 12.1 Å². The zero-order valence-electron chi connectivity index (χ0n) is 7.20. The molecule has 1 aromatic carbocycles. The van der Waals surface area contributed by atoms with Crippen LogP contribution in [0.4, 0.5) is 13.2 Å². The summed E-state index contributed by atoms with van der Waals surface area (Å²) in [5, 5.41) is 8.86. The molecule has 1 aromatic rings. The minimum absolute atomic E-state index is 0.261. The Hall–Kier alpha value is -1.07. The highest BCUT2D eigenvalue weighted by Crippen LogP contribution is 2.28. The molecule has 78 valence electrons. The van der Waals surface area contributed by atoms with Gasteiger partial charge in [0.05, 0.1) is 6.04 Å². The third-order valence-electron chi connectivity index (χ3n) is 1.86. The van der Waals surface area contributed by atoms with Gasteiger partial charge in [-0.1, -0.05) is 30.3 Å². The van der Waals surface area contributed by atoms with Crippen molar-refractivity contribution < 1.29 is 18.3 Å². The summed E-state index contributed by atoms with van der Waals surface area (Å²) in [6.07, 6.45) is -7.21. The molecule has 1 rings (SSSR count). The topological polar surface area (TPSA) is 46.2 Å². The summed E-state index contributed by atoms with van der Waals surface area (Å²) in [5.74, 6) is 0. The predicted molar refractivity (Wildman–Crippen MR) is 45.4 cm³/mol. The van der Waals surface area contributed by atoms with E-state index in [4.69, 9.17) is 10.8 Å². The Bertz CT molecular complexity index is 286. The predicted octanol–water partition coefficient (Wildman–Crippen LogP) is 1.61. The van der Waals surface area contributed by atoms with Gasteiger partial charge in [0.15, 0.2) is 6.10 Å². The maximum atomic E-state index is 12.1. The van der Waals surface area contributed by atoms with Crippen molar-refractivity contribution in [1.29, 1.82) is 0 Å². The second kappa shape index (κ2) is 3.98. The zero-order chi connectivity index (χ0) is 10.8. The van der Waals surface area contributed by atoms with Crippen LogP contribution in [0.2, 0.25) is 0 Å². The third kappa shape index (κ3) is 2.46. The molecule has 0 heterocycles. The van der Waals surface area contributed by atoms with E-state index in [1.54, 1.807) is 18.2 Å². The Labute approximate surface area is 79.2 Å². The Morgan fingerprint density at radius 3 is 2.07 bits per heavy atom. The van der Waals surface area contributed by atoms with Crippen LogP contribution in [0, 0.1) is 0 Å². The smallest absolute Gasteiger partial charge is 0.382 e. The highest BCUT2D eigenvalue weighted by molar-refractivity contribution is 5.19. The summed E-state index contributed by atoms with van der Waals surface area (Å²) in [6.45, 7) is 0. The van der Waals surface area contributed by atoms with Crippen LogP contribution in [0.1, 0.15) is 11.6 Å². The molecule has 14 heavy (non-hydrogen) atoms. The summed E-state index contributed by atoms with van der Waals surface area (Å²) in [7, 11) is 0. The number of aliphatic hydroxyl groups excluding tert-OH is 1. The Kier molecular flexibility index (Phi) is 3.13. The summed E-state index contributed by atoms with van der Waals surface area (Å²) < 4.78 is 36.2. The minimum atomic E-state index is -4.69. The van der Waals surface area contributed by atoms with Crippen LogP contribution in [-0.4, -0.2) is 17.4 Å². The Morgan fingerprint density at radius 2 is 1.64 bits per heavy atom. The molecule has 2 unspecified atom stereocenters. The molecule has 0 radical (unpaired) electrons. The van der Waals surface area contributed by atoms with Crippen molar-refractivity contribution in [2.45, 2.75) is 18.3 Å². The number of halogens is 3. The first-order valence-corrected chi connectivity index (χ1v) is 3.98. The normalized spacial score (nSPS) is 16.4. The maximum Gasteiger partial charge on any atom is 0.416 e. The van der Waals surface area contributed by atoms with Gasteiger partial charge in [0, 0.05) is 0 Å². The van der Waals surface area contributed by atoms with Gasteiger partial charge >= 0.3 is 6.18 Å². The van der Waals surface area contributed by atoms with Crippen molar-refractivity contribution in [3.63, 3.8) is 0 Å². The number of hydrogen-bond acceptors (Lipinski definition) is 2. The maximum absolute atomic E-state index is 12.1. The molecule has 0 spiro atoms. The van der Waals surface area contributed by atoms with Crippen molar-refractivity contribution in [2.75, 3.05) is 0 Å². The average Bonchev–Trinajstić information content (AvgIpc) is 2.15. The molecule has 3 N–H and O–H groups in total. The van der Waals surface area contributed by atoms with Crippen LogP contribution < -0.4 is 5.73 Å². The van der Waals surface area contributed by atoms with Gasteiger partial charge < -0.3 is 10.8 Å². The fourth-order valence-electron chi connectivity index (χ4n) is 1.06. The molecular formula is C9H10F3NO. The van der Waals surface area contributed by atoms with E-state index in [2.05, 4.69) is 0 Å². The molecule has 5 heteroatoms. The van der Waals surface area contributed by atoms with E-state index in [0.29, 0.717) is 0 Å². The lowest BCUT2D eigenvalue weighted by Gasteiger charge is -2.21. The first-order chi connectivity index (χ1) is 6.43. The lowest BCUT2D eigenvalue weighted by Crippen LogP contribution is -2.38. The molecule has 0 aliphatic rings. The van der Waals surface area contributed by atoms with Gasteiger partial charge in [0.1, 0.15) is 0 Å². The van der Waals surface area contributed by atoms with Gasteiger partial charge in [-0.25, -0.2) is 0 Å². The van der Waals surface area contributed by atoms with Crippen LogP contribution in [-0.2, 0) is 0 Å². The number of hydrogen-bond donors (Lipinski definition) is 2. The van der Waals surface area contributed by atoms with E-state index in [0.717, 1.165) is 0 Å². The van der Waals surface area contributed by atoms with Crippen LogP contribution in [0.5, 0.6) is 0 Å². The minimum Gasteiger partial charge on any atom is -0.382 e. The van der Waals surface area contributed by atoms with Crippen LogP contribution in [0.25, 0.3) is 0 Å². The van der Waals surface area contributed by atoms with E-state index in [-0.39, 0.29) is 5.56 Å². The summed E-state index contributed by atoms with van der Waals surface area (Å²) in [4.78, 5) is 0. The molecule has 0 saturated heterocycles. The molecule has 0 saturated carbocycles. The van der Waals surface area contributed by atoms with Crippen molar-refractivity contribution in [2.24, 2.45) is 5.73 Å². The Balaban J connectivity index is 2.81. The van der Waals surface area contributed by atoms with Crippen molar-refractivity contribution >= 4 is 0 Å². The molecule has 0 amide bonds. The largest absolute Gasteiger partial charge is 0.416 e. The average molecular weight is 205 g/mol. The van der Waals surface area contributed by atoms with E-state index in [9.17, 15) is 13.2 Å². The van der Waals surface area contributed by atoms with Gasteiger partial charge in [0.2, 0.25) is 0 Å².